The van der Waals surface area contributed by atoms with Gasteiger partial charge in [-0.25, -0.2) is 13.6 Å². The van der Waals surface area contributed by atoms with Crippen LogP contribution in [0.25, 0.3) is 0 Å². The first kappa shape index (κ1) is 14.6. The molecule has 2 N–H and O–H groups in total. The number of likely N-dealkylation sites (tertiary alicyclic amines) is 1. The molecule has 1 saturated carbocycles. The molecule has 2 aliphatic rings. The van der Waals surface area contributed by atoms with Gasteiger partial charge in [0.2, 0.25) is 10.0 Å². The van der Waals surface area contributed by atoms with Gasteiger partial charge in [-0.05, 0) is 45.1 Å². The predicted octanol–water partition coefficient (Wildman–Crippen LogP) is 1.48. The summed E-state index contributed by atoms with van der Waals surface area (Å²) in [4.78, 5) is 14.6. The van der Waals surface area contributed by atoms with Gasteiger partial charge in [-0.15, -0.1) is 0 Å². The van der Waals surface area contributed by atoms with Crippen molar-refractivity contribution in [2.75, 3.05) is 6.54 Å². The molecule has 116 valence electrons. The zero-order valence-corrected chi connectivity index (χ0v) is 13.0. The SMILES string of the molecule is CC1CCCN1C(=O)c1cc(S(N)(=O)=O)cn1C1CCC1. The molecule has 1 amide bonds. The number of carbonyl (C=O) groups excluding carboxylic acids is 1. The molecule has 21 heavy (non-hydrogen) atoms. The predicted molar refractivity (Wildman–Crippen MR) is 78.4 cm³/mol. The number of rotatable bonds is 3. The normalized spacial score (nSPS) is 23.3. The number of hydrogen-bond acceptors (Lipinski definition) is 3. The topological polar surface area (TPSA) is 85.4 Å². The maximum atomic E-state index is 12.7. The van der Waals surface area contributed by atoms with Crippen LogP contribution in [0.5, 0.6) is 0 Å². The molecule has 1 aliphatic heterocycles. The van der Waals surface area contributed by atoms with Gasteiger partial charge in [-0.1, -0.05) is 0 Å². The largest absolute Gasteiger partial charge is 0.339 e. The Bertz CT molecular complexity index is 661. The van der Waals surface area contributed by atoms with E-state index >= 15 is 0 Å². The van der Waals surface area contributed by atoms with E-state index in [-0.39, 0.29) is 22.9 Å². The second-order valence-electron chi connectivity index (χ2n) is 6.09. The van der Waals surface area contributed by atoms with Crippen LogP contribution >= 0.6 is 0 Å². The lowest BCUT2D eigenvalue weighted by atomic mass is 9.93. The summed E-state index contributed by atoms with van der Waals surface area (Å²) in [6.07, 6.45) is 6.59. The molecule has 1 aromatic rings. The monoisotopic (exact) mass is 311 g/mol. The minimum absolute atomic E-state index is 0.0320. The Hall–Kier alpha value is -1.34. The highest BCUT2D eigenvalue weighted by molar-refractivity contribution is 7.89. The highest BCUT2D eigenvalue weighted by Crippen LogP contribution is 2.35. The van der Waals surface area contributed by atoms with Gasteiger partial charge >= 0.3 is 0 Å². The molecule has 0 radical (unpaired) electrons. The van der Waals surface area contributed by atoms with Gasteiger partial charge in [0.1, 0.15) is 10.6 Å². The Labute approximate surface area is 125 Å². The quantitative estimate of drug-likeness (QED) is 0.917. The van der Waals surface area contributed by atoms with E-state index in [1.165, 1.54) is 12.3 Å². The van der Waals surface area contributed by atoms with E-state index in [2.05, 4.69) is 0 Å². The van der Waals surface area contributed by atoms with Crippen molar-refractivity contribution in [1.29, 1.82) is 0 Å². The summed E-state index contributed by atoms with van der Waals surface area (Å²) >= 11 is 0. The van der Waals surface area contributed by atoms with Crippen LogP contribution in [0.1, 0.15) is 55.6 Å². The van der Waals surface area contributed by atoms with Crippen molar-refractivity contribution in [3.63, 3.8) is 0 Å². The molecule has 7 heteroatoms. The Morgan fingerprint density at radius 3 is 2.48 bits per heavy atom. The number of nitrogens with two attached hydrogens (primary N) is 1. The second-order valence-corrected chi connectivity index (χ2v) is 7.65. The van der Waals surface area contributed by atoms with Gasteiger partial charge < -0.3 is 9.47 Å². The van der Waals surface area contributed by atoms with Crippen molar-refractivity contribution in [1.82, 2.24) is 9.47 Å². The first-order valence-corrected chi connectivity index (χ1v) is 8.98. The molecule has 1 atom stereocenters. The third kappa shape index (κ3) is 2.60. The van der Waals surface area contributed by atoms with Gasteiger partial charge in [-0.2, -0.15) is 0 Å². The summed E-state index contributed by atoms with van der Waals surface area (Å²) in [6, 6.07) is 1.86. The van der Waals surface area contributed by atoms with Crippen LogP contribution in [0, 0.1) is 0 Å². The molecule has 0 bridgehead atoms. The van der Waals surface area contributed by atoms with E-state index < -0.39 is 10.0 Å². The molecule has 1 aromatic heterocycles. The highest BCUT2D eigenvalue weighted by Gasteiger charge is 2.32. The summed E-state index contributed by atoms with van der Waals surface area (Å²) < 4.78 is 25.0. The van der Waals surface area contributed by atoms with Crippen molar-refractivity contribution in [3.05, 3.63) is 18.0 Å². The van der Waals surface area contributed by atoms with Crippen LogP contribution < -0.4 is 5.14 Å². The molecular weight excluding hydrogens is 290 g/mol. The van der Waals surface area contributed by atoms with Gasteiger partial charge in [0.15, 0.2) is 0 Å². The average Bonchev–Trinajstić information content (AvgIpc) is 2.92. The maximum Gasteiger partial charge on any atom is 0.270 e. The zero-order chi connectivity index (χ0) is 15.2. The van der Waals surface area contributed by atoms with Crippen LogP contribution in [0.2, 0.25) is 0 Å². The number of primary sulfonamides is 1. The van der Waals surface area contributed by atoms with E-state index in [0.29, 0.717) is 5.69 Å². The van der Waals surface area contributed by atoms with E-state index in [4.69, 9.17) is 5.14 Å². The van der Waals surface area contributed by atoms with Gasteiger partial charge in [-0.3, -0.25) is 4.79 Å². The molecule has 0 aromatic carbocycles. The highest BCUT2D eigenvalue weighted by atomic mass is 32.2. The average molecular weight is 311 g/mol. The second kappa shape index (κ2) is 5.14. The summed E-state index contributed by atoms with van der Waals surface area (Å²) in [5.74, 6) is -0.0817. The Morgan fingerprint density at radius 1 is 1.29 bits per heavy atom. The third-order valence-electron chi connectivity index (χ3n) is 4.65. The molecule has 1 aliphatic carbocycles. The minimum atomic E-state index is -3.78. The summed E-state index contributed by atoms with van der Waals surface area (Å²) in [7, 11) is -3.78. The van der Waals surface area contributed by atoms with Crippen LogP contribution in [0.4, 0.5) is 0 Å². The maximum absolute atomic E-state index is 12.7. The van der Waals surface area contributed by atoms with Crippen molar-refractivity contribution >= 4 is 15.9 Å². The summed E-state index contributed by atoms with van der Waals surface area (Å²) in [6.45, 7) is 2.77. The third-order valence-corrected chi connectivity index (χ3v) is 5.53. The fourth-order valence-electron chi connectivity index (χ4n) is 3.13. The molecule has 1 unspecified atom stereocenters. The minimum Gasteiger partial charge on any atom is -0.339 e. The van der Waals surface area contributed by atoms with Gasteiger partial charge in [0.25, 0.3) is 5.91 Å². The Morgan fingerprint density at radius 2 is 2.00 bits per heavy atom. The van der Waals surface area contributed by atoms with E-state index in [9.17, 15) is 13.2 Å². The van der Waals surface area contributed by atoms with Crippen molar-refractivity contribution in [3.8, 4) is 0 Å². The molecule has 2 fully saturated rings. The lowest BCUT2D eigenvalue weighted by Gasteiger charge is -2.30. The number of nitrogens with zero attached hydrogens (tertiary/aromatic N) is 2. The zero-order valence-electron chi connectivity index (χ0n) is 12.2. The van der Waals surface area contributed by atoms with Gasteiger partial charge in [0, 0.05) is 24.8 Å². The molecular formula is C14H21N3O3S. The van der Waals surface area contributed by atoms with Crippen LogP contribution in [0.15, 0.2) is 17.2 Å². The number of aromatic nitrogens is 1. The molecule has 0 spiro atoms. The van der Waals surface area contributed by atoms with E-state index in [0.717, 1.165) is 38.6 Å². The standard InChI is InChI=1S/C14H21N3O3S/c1-10-4-3-7-16(10)14(18)13-8-12(21(15,19)20)9-17(13)11-5-2-6-11/h8-11H,2-7H2,1H3,(H2,15,19,20). The smallest absolute Gasteiger partial charge is 0.270 e. The number of carbonyl (C=O) groups is 1. The van der Waals surface area contributed by atoms with Crippen molar-refractivity contribution in [2.24, 2.45) is 5.14 Å². The fraction of sp³-hybridized carbons (Fsp3) is 0.643. The molecule has 6 nitrogen and oxygen atoms in total. The van der Waals surface area contributed by atoms with E-state index in [1.54, 1.807) is 0 Å². The Balaban J connectivity index is 1.99. The molecule has 3 rings (SSSR count). The first-order chi connectivity index (χ1) is 9.88. The van der Waals surface area contributed by atoms with Crippen LogP contribution in [-0.2, 0) is 10.0 Å². The lowest BCUT2D eigenvalue weighted by Crippen LogP contribution is -2.35. The number of hydrogen-bond donors (Lipinski definition) is 1. The van der Waals surface area contributed by atoms with Crippen molar-refractivity contribution < 1.29 is 13.2 Å². The fourth-order valence-corrected chi connectivity index (χ4v) is 3.67. The van der Waals surface area contributed by atoms with Crippen LogP contribution in [-0.4, -0.2) is 36.4 Å². The summed E-state index contributed by atoms with van der Waals surface area (Å²) in [5, 5.41) is 5.21. The van der Waals surface area contributed by atoms with Crippen molar-refractivity contribution in [2.45, 2.75) is 56.0 Å². The Kier molecular flexibility index (Phi) is 3.57. The molecule has 1 saturated heterocycles. The summed E-state index contributed by atoms with van der Waals surface area (Å²) in [5.41, 5.74) is 0.456. The van der Waals surface area contributed by atoms with E-state index in [1.807, 2.05) is 16.4 Å². The van der Waals surface area contributed by atoms with Gasteiger partial charge in [0.05, 0.1) is 0 Å². The number of sulfonamides is 1. The van der Waals surface area contributed by atoms with Crippen LogP contribution in [0.3, 0.4) is 0 Å². The number of amides is 1. The molecule has 2 heterocycles. The lowest BCUT2D eigenvalue weighted by molar-refractivity contribution is 0.0730. The first-order valence-electron chi connectivity index (χ1n) is 7.43.